The van der Waals surface area contributed by atoms with Gasteiger partial charge >= 0.3 is 7.60 Å². The third-order valence-electron chi connectivity index (χ3n) is 2.64. The molecule has 0 spiro atoms. The summed E-state index contributed by atoms with van der Waals surface area (Å²) >= 11 is 0. The van der Waals surface area contributed by atoms with Gasteiger partial charge in [-0.2, -0.15) is 0 Å². The van der Waals surface area contributed by atoms with Crippen LogP contribution in [0.2, 0.25) is 0 Å². The molecule has 1 atom stereocenters. The molecule has 0 aromatic rings. The van der Waals surface area contributed by atoms with Crippen LogP contribution in [0.15, 0.2) is 0 Å². The molecule has 0 aliphatic heterocycles. The van der Waals surface area contributed by atoms with Crippen molar-refractivity contribution in [1.82, 2.24) is 0 Å². The standard InChI is InChI=1S/C10H21O4P/c1-8(2)9(3)5-4-6-10(11)7-15(12,13)14/h8-9H,4-7H2,1-3H3,(H2,12,13,14). The van der Waals surface area contributed by atoms with Gasteiger partial charge in [0, 0.05) is 6.42 Å². The van der Waals surface area contributed by atoms with E-state index in [2.05, 4.69) is 20.8 Å². The van der Waals surface area contributed by atoms with Gasteiger partial charge in [-0.25, -0.2) is 0 Å². The van der Waals surface area contributed by atoms with Crippen molar-refractivity contribution in [2.24, 2.45) is 11.8 Å². The predicted octanol–water partition coefficient (Wildman–Crippen LogP) is 2.20. The van der Waals surface area contributed by atoms with Crippen LogP contribution in [0.4, 0.5) is 0 Å². The molecule has 0 saturated carbocycles. The Labute approximate surface area is 91.2 Å². The summed E-state index contributed by atoms with van der Waals surface area (Å²) in [5.74, 6) is 0.800. The summed E-state index contributed by atoms with van der Waals surface area (Å²) in [6.07, 6.45) is 1.33. The minimum absolute atomic E-state index is 0.280. The third-order valence-corrected chi connectivity index (χ3v) is 3.40. The molecule has 0 aromatic heterocycles. The first-order valence-corrected chi connectivity index (χ1v) is 7.08. The Balaban J connectivity index is 3.69. The van der Waals surface area contributed by atoms with E-state index >= 15 is 0 Å². The van der Waals surface area contributed by atoms with E-state index in [1.54, 1.807) is 0 Å². The van der Waals surface area contributed by atoms with Gasteiger partial charge in [-0.15, -0.1) is 0 Å². The van der Waals surface area contributed by atoms with Gasteiger partial charge in [0.15, 0.2) is 0 Å². The molecule has 0 radical (unpaired) electrons. The van der Waals surface area contributed by atoms with Crippen LogP contribution in [-0.2, 0) is 9.36 Å². The molecule has 0 heterocycles. The van der Waals surface area contributed by atoms with Crippen LogP contribution in [0.1, 0.15) is 40.0 Å². The number of rotatable bonds is 7. The van der Waals surface area contributed by atoms with Crippen LogP contribution in [0.3, 0.4) is 0 Å². The molecule has 0 aliphatic carbocycles. The molecule has 0 aromatic carbocycles. The van der Waals surface area contributed by atoms with Crippen LogP contribution in [0.5, 0.6) is 0 Å². The fourth-order valence-electron chi connectivity index (χ4n) is 1.26. The average Bonchev–Trinajstić information content (AvgIpc) is 2.00. The summed E-state index contributed by atoms with van der Waals surface area (Å²) in [5, 5.41) is 0. The number of ketones is 1. The number of hydrogen-bond acceptors (Lipinski definition) is 2. The second-order valence-corrected chi connectivity index (χ2v) is 6.12. The predicted molar refractivity (Wildman–Crippen MR) is 59.8 cm³/mol. The van der Waals surface area contributed by atoms with Gasteiger partial charge < -0.3 is 9.79 Å². The van der Waals surface area contributed by atoms with Crippen molar-refractivity contribution < 1.29 is 19.1 Å². The molecular formula is C10H21O4P. The van der Waals surface area contributed by atoms with Gasteiger partial charge in [0.1, 0.15) is 11.9 Å². The first-order valence-electron chi connectivity index (χ1n) is 5.28. The Morgan fingerprint density at radius 2 is 1.80 bits per heavy atom. The summed E-state index contributed by atoms with van der Waals surface area (Å²) in [6, 6.07) is 0. The van der Waals surface area contributed by atoms with E-state index in [9.17, 15) is 9.36 Å². The maximum absolute atomic E-state index is 11.1. The Hall–Kier alpha value is -0.180. The van der Waals surface area contributed by atoms with Crippen molar-refractivity contribution in [1.29, 1.82) is 0 Å². The average molecular weight is 236 g/mol. The molecule has 15 heavy (non-hydrogen) atoms. The number of Topliss-reactive ketones (excluding diaryl/α,β-unsaturated/α-hetero) is 1. The molecule has 0 rings (SSSR count). The first-order chi connectivity index (χ1) is 6.72. The van der Waals surface area contributed by atoms with E-state index in [-0.39, 0.29) is 12.2 Å². The minimum Gasteiger partial charge on any atom is -0.324 e. The second-order valence-electron chi connectivity index (χ2n) is 4.48. The van der Waals surface area contributed by atoms with Gasteiger partial charge in [0.05, 0.1) is 0 Å². The SMILES string of the molecule is CC(C)C(C)CCCC(=O)CP(=O)(O)O. The molecule has 90 valence electrons. The Kier molecular flexibility index (Phi) is 6.34. The Morgan fingerprint density at radius 1 is 1.27 bits per heavy atom. The van der Waals surface area contributed by atoms with E-state index < -0.39 is 13.8 Å². The van der Waals surface area contributed by atoms with E-state index in [0.29, 0.717) is 11.8 Å². The van der Waals surface area contributed by atoms with Gasteiger partial charge in [-0.3, -0.25) is 9.36 Å². The zero-order valence-corrected chi connectivity index (χ0v) is 10.5. The van der Waals surface area contributed by atoms with Gasteiger partial charge in [-0.05, 0) is 18.3 Å². The van der Waals surface area contributed by atoms with E-state index in [4.69, 9.17) is 9.79 Å². The van der Waals surface area contributed by atoms with Gasteiger partial charge in [0.2, 0.25) is 0 Å². The minimum atomic E-state index is -4.15. The molecule has 0 aliphatic rings. The highest BCUT2D eigenvalue weighted by Crippen LogP contribution is 2.34. The molecule has 4 nitrogen and oxygen atoms in total. The third kappa shape index (κ3) is 8.79. The van der Waals surface area contributed by atoms with Crippen LogP contribution in [0, 0.1) is 11.8 Å². The van der Waals surface area contributed by atoms with E-state index in [1.165, 1.54) is 0 Å². The summed E-state index contributed by atoms with van der Waals surface area (Å²) in [7, 11) is -4.15. The molecule has 0 saturated heterocycles. The molecule has 5 heteroatoms. The lowest BCUT2D eigenvalue weighted by molar-refractivity contribution is -0.117. The largest absolute Gasteiger partial charge is 0.332 e. The molecule has 0 bridgehead atoms. The summed E-state index contributed by atoms with van der Waals surface area (Å²) in [4.78, 5) is 28.3. The monoisotopic (exact) mass is 236 g/mol. The van der Waals surface area contributed by atoms with Crippen molar-refractivity contribution >= 4 is 13.4 Å². The summed E-state index contributed by atoms with van der Waals surface area (Å²) in [6.45, 7) is 6.38. The first kappa shape index (κ1) is 14.8. The Morgan fingerprint density at radius 3 is 2.20 bits per heavy atom. The molecule has 0 fully saturated rings. The maximum Gasteiger partial charge on any atom is 0.332 e. The molecule has 2 N–H and O–H groups in total. The van der Waals surface area contributed by atoms with Crippen molar-refractivity contribution in [3.63, 3.8) is 0 Å². The molecular weight excluding hydrogens is 215 g/mol. The van der Waals surface area contributed by atoms with Crippen LogP contribution in [-0.4, -0.2) is 21.7 Å². The normalized spacial score (nSPS) is 14.3. The number of hydrogen-bond donors (Lipinski definition) is 2. The zero-order valence-electron chi connectivity index (χ0n) is 9.64. The van der Waals surface area contributed by atoms with Crippen molar-refractivity contribution in [2.75, 3.05) is 6.16 Å². The van der Waals surface area contributed by atoms with Crippen molar-refractivity contribution in [2.45, 2.75) is 40.0 Å². The van der Waals surface area contributed by atoms with Gasteiger partial charge in [0.25, 0.3) is 0 Å². The van der Waals surface area contributed by atoms with Gasteiger partial charge in [-0.1, -0.05) is 27.2 Å². The van der Waals surface area contributed by atoms with Crippen LogP contribution >= 0.6 is 7.60 Å². The molecule has 0 amide bonds. The smallest absolute Gasteiger partial charge is 0.324 e. The molecule has 1 unspecified atom stereocenters. The lowest BCUT2D eigenvalue weighted by Crippen LogP contribution is -2.08. The lowest BCUT2D eigenvalue weighted by atomic mass is 9.92. The van der Waals surface area contributed by atoms with Crippen molar-refractivity contribution in [3.05, 3.63) is 0 Å². The van der Waals surface area contributed by atoms with E-state index in [0.717, 1.165) is 12.8 Å². The highest BCUT2D eigenvalue weighted by Gasteiger charge is 2.18. The fraction of sp³-hybridized carbons (Fsp3) is 0.900. The van der Waals surface area contributed by atoms with Crippen molar-refractivity contribution in [3.8, 4) is 0 Å². The maximum atomic E-state index is 11.1. The Bertz CT molecular complexity index is 244. The topological polar surface area (TPSA) is 74.6 Å². The highest BCUT2D eigenvalue weighted by molar-refractivity contribution is 7.52. The summed E-state index contributed by atoms with van der Waals surface area (Å²) in [5.41, 5.74) is 0. The quantitative estimate of drug-likeness (QED) is 0.664. The highest BCUT2D eigenvalue weighted by atomic mass is 31.2. The second kappa shape index (κ2) is 6.41. The van der Waals surface area contributed by atoms with Crippen LogP contribution < -0.4 is 0 Å². The number of carbonyl (C=O) groups excluding carboxylic acids is 1. The lowest BCUT2D eigenvalue weighted by Gasteiger charge is -2.14. The van der Waals surface area contributed by atoms with Crippen LogP contribution in [0.25, 0.3) is 0 Å². The number of carbonyl (C=O) groups is 1. The summed E-state index contributed by atoms with van der Waals surface area (Å²) < 4.78 is 10.5. The fourth-order valence-corrected chi connectivity index (χ4v) is 1.88. The zero-order chi connectivity index (χ0) is 12.1. The van der Waals surface area contributed by atoms with E-state index in [1.807, 2.05) is 0 Å².